The number of aryl methyl sites for hydroxylation is 1. The molecule has 1 fully saturated rings. The van der Waals surface area contributed by atoms with E-state index in [-0.39, 0.29) is 0 Å². The van der Waals surface area contributed by atoms with Gasteiger partial charge in [0.2, 0.25) is 0 Å². The van der Waals surface area contributed by atoms with E-state index in [2.05, 4.69) is 43.4 Å². The first-order valence-electron chi connectivity index (χ1n) is 8.20. The van der Waals surface area contributed by atoms with Gasteiger partial charge in [-0.2, -0.15) is 0 Å². The molecule has 1 aromatic carbocycles. The molecule has 1 aliphatic rings. The highest BCUT2D eigenvalue weighted by molar-refractivity contribution is 5.23. The third-order valence-electron chi connectivity index (χ3n) is 4.24. The molecular formula is C18H29NO. The third kappa shape index (κ3) is 4.92. The Morgan fingerprint density at radius 3 is 2.55 bits per heavy atom. The molecule has 0 saturated carbocycles. The molecule has 1 aliphatic heterocycles. The molecule has 112 valence electrons. The van der Waals surface area contributed by atoms with Gasteiger partial charge in [-0.05, 0) is 55.7 Å². The Labute approximate surface area is 123 Å². The quantitative estimate of drug-likeness (QED) is 0.783. The van der Waals surface area contributed by atoms with Crippen LogP contribution in [0, 0.1) is 5.92 Å². The average molecular weight is 275 g/mol. The number of hydrogen-bond acceptors (Lipinski definition) is 2. The Bertz CT molecular complexity index is 368. The summed E-state index contributed by atoms with van der Waals surface area (Å²) in [5.74, 6) is 0.749. The van der Waals surface area contributed by atoms with E-state index in [9.17, 15) is 0 Å². The lowest BCUT2D eigenvalue weighted by Crippen LogP contribution is -2.34. The van der Waals surface area contributed by atoms with E-state index in [1.54, 1.807) is 0 Å². The molecule has 1 saturated heterocycles. The first-order valence-corrected chi connectivity index (χ1v) is 8.20. The van der Waals surface area contributed by atoms with Crippen LogP contribution >= 0.6 is 0 Å². The Morgan fingerprint density at radius 1 is 1.20 bits per heavy atom. The van der Waals surface area contributed by atoms with Crippen LogP contribution in [0.25, 0.3) is 0 Å². The monoisotopic (exact) mass is 275 g/mol. The fourth-order valence-electron chi connectivity index (χ4n) is 2.95. The first kappa shape index (κ1) is 15.5. The number of hydrogen-bond donors (Lipinski definition) is 1. The minimum Gasteiger partial charge on any atom is -0.381 e. The van der Waals surface area contributed by atoms with Gasteiger partial charge in [-0.1, -0.05) is 38.1 Å². The number of ether oxygens (including phenoxy) is 1. The molecule has 20 heavy (non-hydrogen) atoms. The van der Waals surface area contributed by atoms with Crippen LogP contribution in [0.15, 0.2) is 24.3 Å². The van der Waals surface area contributed by atoms with Crippen molar-refractivity contribution < 1.29 is 4.74 Å². The van der Waals surface area contributed by atoms with Crippen LogP contribution in [0.3, 0.4) is 0 Å². The maximum Gasteiger partial charge on any atom is 0.0495 e. The summed E-state index contributed by atoms with van der Waals surface area (Å²) < 4.78 is 5.52. The van der Waals surface area contributed by atoms with Gasteiger partial charge in [0.05, 0.1) is 0 Å². The normalized spacial score (nSPS) is 20.2. The smallest absolute Gasteiger partial charge is 0.0495 e. The zero-order valence-electron chi connectivity index (χ0n) is 13.0. The average Bonchev–Trinajstić information content (AvgIpc) is 2.98. The largest absolute Gasteiger partial charge is 0.381 e. The molecule has 0 aromatic heterocycles. The molecular weight excluding hydrogens is 246 g/mol. The minimum absolute atomic E-state index is 0.592. The second-order valence-corrected chi connectivity index (χ2v) is 5.99. The molecule has 1 N–H and O–H groups in total. The fourth-order valence-corrected chi connectivity index (χ4v) is 2.95. The molecule has 0 spiro atoms. The summed E-state index contributed by atoms with van der Waals surface area (Å²) in [6.07, 6.45) is 5.94. The summed E-state index contributed by atoms with van der Waals surface area (Å²) in [5, 5.41) is 3.72. The van der Waals surface area contributed by atoms with Crippen LogP contribution in [0.2, 0.25) is 0 Å². The van der Waals surface area contributed by atoms with Gasteiger partial charge in [-0.15, -0.1) is 0 Å². The van der Waals surface area contributed by atoms with Crippen molar-refractivity contribution in [3.05, 3.63) is 35.4 Å². The van der Waals surface area contributed by atoms with E-state index in [1.807, 2.05) is 0 Å². The van der Waals surface area contributed by atoms with Gasteiger partial charge in [0.25, 0.3) is 0 Å². The van der Waals surface area contributed by atoms with E-state index in [1.165, 1.54) is 30.4 Å². The van der Waals surface area contributed by atoms with Crippen LogP contribution in [-0.4, -0.2) is 25.8 Å². The molecule has 2 unspecified atom stereocenters. The van der Waals surface area contributed by atoms with Crippen molar-refractivity contribution in [1.29, 1.82) is 0 Å². The maximum atomic E-state index is 5.52. The molecule has 0 bridgehead atoms. The topological polar surface area (TPSA) is 21.3 Å². The van der Waals surface area contributed by atoms with Crippen molar-refractivity contribution in [3.63, 3.8) is 0 Å². The first-order chi connectivity index (χ1) is 9.81. The summed E-state index contributed by atoms with van der Waals surface area (Å²) in [6, 6.07) is 9.72. The lowest BCUT2D eigenvalue weighted by molar-refractivity contribution is 0.181. The van der Waals surface area contributed by atoms with Gasteiger partial charge >= 0.3 is 0 Å². The highest BCUT2D eigenvalue weighted by Crippen LogP contribution is 2.20. The summed E-state index contributed by atoms with van der Waals surface area (Å²) in [4.78, 5) is 0. The summed E-state index contributed by atoms with van der Waals surface area (Å²) in [7, 11) is 0. The van der Waals surface area contributed by atoms with Crippen molar-refractivity contribution in [1.82, 2.24) is 5.32 Å². The van der Waals surface area contributed by atoms with Gasteiger partial charge in [-0.25, -0.2) is 0 Å². The SMILES string of the molecule is CCCNC(Cc1ccc(CC)cc1)CC1CCOC1. The molecule has 1 aromatic rings. The fraction of sp³-hybridized carbons (Fsp3) is 0.667. The van der Waals surface area contributed by atoms with E-state index in [0.717, 1.165) is 38.5 Å². The maximum absolute atomic E-state index is 5.52. The van der Waals surface area contributed by atoms with Crippen molar-refractivity contribution in [2.45, 2.75) is 52.0 Å². The summed E-state index contributed by atoms with van der Waals surface area (Å²) >= 11 is 0. The molecule has 0 amide bonds. The molecule has 2 atom stereocenters. The van der Waals surface area contributed by atoms with Crippen molar-refractivity contribution in [2.75, 3.05) is 19.8 Å². The van der Waals surface area contributed by atoms with E-state index >= 15 is 0 Å². The van der Waals surface area contributed by atoms with E-state index in [4.69, 9.17) is 4.74 Å². The van der Waals surface area contributed by atoms with E-state index < -0.39 is 0 Å². The van der Waals surface area contributed by atoms with Crippen LogP contribution in [0.1, 0.15) is 44.2 Å². The molecule has 2 nitrogen and oxygen atoms in total. The van der Waals surface area contributed by atoms with Crippen LogP contribution in [0.5, 0.6) is 0 Å². The second kappa shape index (κ2) is 8.43. The zero-order valence-corrected chi connectivity index (χ0v) is 13.0. The third-order valence-corrected chi connectivity index (χ3v) is 4.24. The Kier molecular flexibility index (Phi) is 6.55. The van der Waals surface area contributed by atoms with Gasteiger partial charge in [0, 0.05) is 19.3 Å². The zero-order chi connectivity index (χ0) is 14.2. The molecule has 0 aliphatic carbocycles. The summed E-state index contributed by atoms with van der Waals surface area (Å²) in [6.45, 7) is 7.47. The van der Waals surface area contributed by atoms with E-state index in [0.29, 0.717) is 6.04 Å². The summed E-state index contributed by atoms with van der Waals surface area (Å²) in [5.41, 5.74) is 2.88. The number of benzene rings is 1. The second-order valence-electron chi connectivity index (χ2n) is 5.99. The Hall–Kier alpha value is -0.860. The molecule has 2 rings (SSSR count). The van der Waals surface area contributed by atoms with Gasteiger partial charge in [0.1, 0.15) is 0 Å². The number of nitrogens with one attached hydrogen (secondary N) is 1. The Morgan fingerprint density at radius 2 is 1.95 bits per heavy atom. The van der Waals surface area contributed by atoms with Crippen LogP contribution < -0.4 is 5.32 Å². The van der Waals surface area contributed by atoms with Crippen LogP contribution in [-0.2, 0) is 17.6 Å². The highest BCUT2D eigenvalue weighted by Gasteiger charge is 2.20. The van der Waals surface area contributed by atoms with Gasteiger partial charge in [-0.3, -0.25) is 0 Å². The lowest BCUT2D eigenvalue weighted by Gasteiger charge is -2.21. The molecule has 2 heteroatoms. The lowest BCUT2D eigenvalue weighted by atomic mass is 9.94. The number of rotatable bonds is 8. The molecule has 0 radical (unpaired) electrons. The van der Waals surface area contributed by atoms with Crippen molar-refractivity contribution in [2.24, 2.45) is 5.92 Å². The predicted molar refractivity (Wildman–Crippen MR) is 85.1 cm³/mol. The van der Waals surface area contributed by atoms with Crippen molar-refractivity contribution in [3.8, 4) is 0 Å². The highest BCUT2D eigenvalue weighted by atomic mass is 16.5. The van der Waals surface area contributed by atoms with Crippen molar-refractivity contribution >= 4 is 0 Å². The van der Waals surface area contributed by atoms with Crippen LogP contribution in [0.4, 0.5) is 0 Å². The molecule has 1 heterocycles. The predicted octanol–water partition coefficient (Wildman–Crippen LogP) is 3.59. The minimum atomic E-state index is 0.592. The van der Waals surface area contributed by atoms with Gasteiger partial charge in [0.15, 0.2) is 0 Å². The standard InChI is InChI=1S/C18H29NO/c1-3-10-19-18(13-17-9-11-20-14-17)12-16-7-5-15(4-2)6-8-16/h5-8,17-19H,3-4,9-14H2,1-2H3. The van der Waals surface area contributed by atoms with Gasteiger partial charge < -0.3 is 10.1 Å². The Balaban J connectivity index is 1.90.